The number of pyridine rings is 1. The van der Waals surface area contributed by atoms with Crippen LogP contribution in [0.25, 0.3) is 0 Å². The van der Waals surface area contributed by atoms with E-state index in [1.165, 1.54) is 0 Å². The van der Waals surface area contributed by atoms with Crippen molar-refractivity contribution in [3.8, 4) is 0 Å². The van der Waals surface area contributed by atoms with Gasteiger partial charge in [0.15, 0.2) is 0 Å². The number of rotatable bonds is 3. The van der Waals surface area contributed by atoms with Crippen LogP contribution in [-0.4, -0.2) is 40.7 Å². The van der Waals surface area contributed by atoms with Crippen LogP contribution in [0.1, 0.15) is 39.3 Å². The Morgan fingerprint density at radius 2 is 2.23 bits per heavy atom. The van der Waals surface area contributed by atoms with Gasteiger partial charge in [-0.1, -0.05) is 0 Å². The molecule has 1 unspecified atom stereocenters. The highest BCUT2D eigenvalue weighted by Crippen LogP contribution is 2.22. The largest absolute Gasteiger partial charge is 0.444 e. The Morgan fingerprint density at radius 1 is 1.50 bits per heavy atom. The summed E-state index contributed by atoms with van der Waals surface area (Å²) in [4.78, 5) is 18.4. The summed E-state index contributed by atoms with van der Waals surface area (Å²) >= 11 is 3.40. The van der Waals surface area contributed by atoms with Gasteiger partial charge in [-0.2, -0.15) is 0 Å². The van der Waals surface area contributed by atoms with Gasteiger partial charge < -0.3 is 15.0 Å². The molecular formula is C16H24BrN3O2. The van der Waals surface area contributed by atoms with Gasteiger partial charge in [-0.05, 0) is 68.6 Å². The molecule has 1 N–H and O–H groups in total. The van der Waals surface area contributed by atoms with E-state index in [0.29, 0.717) is 0 Å². The van der Waals surface area contributed by atoms with Crippen LogP contribution in [0, 0.1) is 6.92 Å². The van der Waals surface area contributed by atoms with Crippen molar-refractivity contribution in [2.24, 2.45) is 0 Å². The number of halogens is 1. The number of hydrogen-bond acceptors (Lipinski definition) is 4. The van der Waals surface area contributed by atoms with Gasteiger partial charge in [0.2, 0.25) is 0 Å². The topological polar surface area (TPSA) is 54.5 Å². The summed E-state index contributed by atoms with van der Waals surface area (Å²) in [5.74, 6) is 0. The molecule has 0 bridgehead atoms. The lowest BCUT2D eigenvalue weighted by molar-refractivity contribution is 0.0235. The van der Waals surface area contributed by atoms with E-state index in [-0.39, 0.29) is 12.1 Å². The van der Waals surface area contributed by atoms with Gasteiger partial charge in [0.25, 0.3) is 0 Å². The van der Waals surface area contributed by atoms with Crippen molar-refractivity contribution in [2.75, 3.05) is 18.4 Å². The number of carbonyl (C=O) groups is 1. The number of likely N-dealkylation sites (tertiary alicyclic amines) is 1. The molecule has 1 fully saturated rings. The SMILES string of the molecule is Cc1cc(NCC2CCCN2C(=O)OC(C)(C)C)cc(Br)n1. The van der Waals surface area contributed by atoms with Crippen molar-refractivity contribution in [2.45, 2.75) is 52.2 Å². The minimum absolute atomic E-state index is 0.169. The van der Waals surface area contributed by atoms with Crippen molar-refractivity contribution < 1.29 is 9.53 Å². The fourth-order valence-electron chi connectivity index (χ4n) is 2.57. The molecule has 2 rings (SSSR count). The maximum absolute atomic E-state index is 12.2. The Morgan fingerprint density at radius 3 is 2.86 bits per heavy atom. The minimum Gasteiger partial charge on any atom is -0.444 e. The zero-order valence-electron chi connectivity index (χ0n) is 13.6. The summed E-state index contributed by atoms with van der Waals surface area (Å²) in [6.07, 6.45) is 1.80. The smallest absolute Gasteiger partial charge is 0.410 e. The van der Waals surface area contributed by atoms with E-state index in [9.17, 15) is 4.79 Å². The number of aryl methyl sites for hydroxylation is 1. The van der Waals surface area contributed by atoms with Gasteiger partial charge in [-0.25, -0.2) is 9.78 Å². The molecule has 0 aromatic carbocycles. The first-order valence-corrected chi connectivity index (χ1v) is 8.41. The molecule has 0 aliphatic carbocycles. The Bertz CT molecular complexity index is 522. The van der Waals surface area contributed by atoms with E-state index in [1.807, 2.05) is 44.7 Å². The maximum Gasteiger partial charge on any atom is 0.410 e. The fourth-order valence-corrected chi connectivity index (χ4v) is 3.10. The molecule has 1 aliphatic heterocycles. The van der Waals surface area contributed by atoms with Crippen LogP contribution in [0.5, 0.6) is 0 Å². The lowest BCUT2D eigenvalue weighted by Crippen LogP contribution is -2.42. The lowest BCUT2D eigenvalue weighted by Gasteiger charge is -2.29. The predicted molar refractivity (Wildman–Crippen MR) is 91.1 cm³/mol. The molecular weight excluding hydrogens is 346 g/mol. The van der Waals surface area contributed by atoms with E-state index >= 15 is 0 Å². The number of anilines is 1. The summed E-state index contributed by atoms with van der Waals surface area (Å²) in [5, 5.41) is 3.40. The van der Waals surface area contributed by atoms with E-state index in [0.717, 1.165) is 41.9 Å². The third-order valence-corrected chi connectivity index (χ3v) is 3.88. The molecule has 5 nitrogen and oxygen atoms in total. The summed E-state index contributed by atoms with van der Waals surface area (Å²) < 4.78 is 6.29. The van der Waals surface area contributed by atoms with E-state index in [4.69, 9.17) is 4.74 Å². The average molecular weight is 370 g/mol. The number of nitrogens with zero attached hydrogens (tertiary/aromatic N) is 2. The van der Waals surface area contributed by atoms with Crippen LogP contribution in [0.15, 0.2) is 16.7 Å². The molecule has 0 radical (unpaired) electrons. The van der Waals surface area contributed by atoms with Gasteiger partial charge in [0.1, 0.15) is 10.2 Å². The number of carbonyl (C=O) groups excluding carboxylic acids is 1. The molecule has 1 atom stereocenters. The zero-order valence-corrected chi connectivity index (χ0v) is 15.2. The highest BCUT2D eigenvalue weighted by molar-refractivity contribution is 9.10. The van der Waals surface area contributed by atoms with Crippen LogP contribution in [0.4, 0.5) is 10.5 Å². The number of aromatic nitrogens is 1. The van der Waals surface area contributed by atoms with E-state index in [2.05, 4.69) is 26.2 Å². The first-order valence-electron chi connectivity index (χ1n) is 7.62. The van der Waals surface area contributed by atoms with Gasteiger partial charge in [-0.15, -0.1) is 0 Å². The van der Waals surface area contributed by atoms with Crippen LogP contribution < -0.4 is 5.32 Å². The standard InChI is InChI=1S/C16H24BrN3O2/c1-11-8-12(9-14(17)19-11)18-10-13-6-5-7-20(13)15(21)22-16(2,3)4/h8-9,13H,5-7,10H2,1-4H3,(H,18,19). The fraction of sp³-hybridized carbons (Fsp3) is 0.625. The van der Waals surface area contributed by atoms with Crippen LogP contribution >= 0.6 is 15.9 Å². The zero-order chi connectivity index (χ0) is 16.3. The van der Waals surface area contributed by atoms with E-state index in [1.54, 1.807) is 0 Å². The van der Waals surface area contributed by atoms with Crippen LogP contribution in [-0.2, 0) is 4.74 Å². The molecule has 1 aromatic rings. The van der Waals surface area contributed by atoms with Crippen molar-refractivity contribution in [3.63, 3.8) is 0 Å². The molecule has 0 spiro atoms. The number of hydrogen-bond donors (Lipinski definition) is 1. The normalized spacial score (nSPS) is 18.4. The highest BCUT2D eigenvalue weighted by atomic mass is 79.9. The summed E-state index contributed by atoms with van der Waals surface area (Å²) in [6.45, 7) is 9.12. The van der Waals surface area contributed by atoms with E-state index < -0.39 is 5.60 Å². The average Bonchev–Trinajstić information content (AvgIpc) is 2.81. The maximum atomic E-state index is 12.2. The molecule has 1 saturated heterocycles. The number of ether oxygens (including phenoxy) is 1. The Labute approximate surface area is 140 Å². The van der Waals surface area contributed by atoms with Gasteiger partial charge in [-0.3, -0.25) is 0 Å². The van der Waals surface area contributed by atoms with Crippen LogP contribution in [0.3, 0.4) is 0 Å². The predicted octanol–water partition coefficient (Wildman–Crippen LogP) is 3.96. The Balaban J connectivity index is 1.95. The summed E-state index contributed by atoms with van der Waals surface area (Å²) in [5.41, 5.74) is 1.51. The van der Waals surface area contributed by atoms with Crippen molar-refractivity contribution in [1.82, 2.24) is 9.88 Å². The van der Waals surface area contributed by atoms with Crippen molar-refractivity contribution >= 4 is 27.7 Å². The summed E-state index contributed by atoms with van der Waals surface area (Å²) in [7, 11) is 0. The second-order valence-corrected chi connectivity index (χ2v) is 7.48. The summed E-state index contributed by atoms with van der Waals surface area (Å²) in [6, 6.07) is 4.11. The minimum atomic E-state index is -0.454. The highest BCUT2D eigenvalue weighted by Gasteiger charge is 2.31. The Kier molecular flexibility index (Phi) is 5.32. The monoisotopic (exact) mass is 369 g/mol. The molecule has 1 aliphatic rings. The molecule has 22 heavy (non-hydrogen) atoms. The van der Waals surface area contributed by atoms with Gasteiger partial charge in [0, 0.05) is 24.5 Å². The van der Waals surface area contributed by atoms with Crippen molar-refractivity contribution in [1.29, 1.82) is 0 Å². The molecule has 122 valence electrons. The first kappa shape index (κ1) is 17.1. The number of amides is 1. The van der Waals surface area contributed by atoms with Crippen molar-refractivity contribution in [3.05, 3.63) is 22.4 Å². The third-order valence-electron chi connectivity index (χ3n) is 3.47. The third kappa shape index (κ3) is 4.87. The number of nitrogens with one attached hydrogen (secondary N) is 1. The molecule has 1 amide bonds. The molecule has 0 saturated carbocycles. The molecule has 1 aromatic heterocycles. The molecule has 2 heterocycles. The van der Waals surface area contributed by atoms with Gasteiger partial charge in [0.05, 0.1) is 6.04 Å². The van der Waals surface area contributed by atoms with Crippen LogP contribution in [0.2, 0.25) is 0 Å². The molecule has 6 heteroatoms. The Hall–Kier alpha value is -1.30. The second kappa shape index (κ2) is 6.86. The first-order chi connectivity index (χ1) is 10.2. The second-order valence-electron chi connectivity index (χ2n) is 6.67. The lowest BCUT2D eigenvalue weighted by atomic mass is 10.2. The quantitative estimate of drug-likeness (QED) is 0.819. The van der Waals surface area contributed by atoms with Gasteiger partial charge >= 0.3 is 6.09 Å².